The van der Waals surface area contributed by atoms with Gasteiger partial charge in [-0.2, -0.15) is 0 Å². The van der Waals surface area contributed by atoms with Gasteiger partial charge in [0, 0.05) is 0 Å². The molecule has 0 amide bonds. The fraction of sp³-hybridized carbons (Fsp3) is 0.200. The van der Waals surface area contributed by atoms with E-state index in [2.05, 4.69) is 6.92 Å². The summed E-state index contributed by atoms with van der Waals surface area (Å²) in [7, 11) is 4.67. The van der Waals surface area contributed by atoms with Crippen LogP contribution in [0.5, 0.6) is 17.2 Å². The summed E-state index contributed by atoms with van der Waals surface area (Å²) in [6, 6.07) is 18.8. The summed E-state index contributed by atoms with van der Waals surface area (Å²) in [6.07, 6.45) is 0.918. The van der Waals surface area contributed by atoms with Gasteiger partial charge in [0.2, 0.25) is 5.75 Å². The fourth-order valence-corrected chi connectivity index (χ4v) is 3.71. The van der Waals surface area contributed by atoms with Crippen molar-refractivity contribution in [2.45, 2.75) is 13.3 Å². The van der Waals surface area contributed by atoms with Crippen molar-refractivity contribution in [2.24, 2.45) is 0 Å². The summed E-state index contributed by atoms with van der Waals surface area (Å²) >= 11 is 0. The van der Waals surface area contributed by atoms with E-state index in [1.807, 2.05) is 48.5 Å². The Labute approximate surface area is 180 Å². The maximum Gasteiger partial charge on any atom is 0.266 e. The Bertz CT molecular complexity index is 1290. The number of aromatic nitrogens is 2. The van der Waals surface area contributed by atoms with Crippen LogP contribution in [0.2, 0.25) is 0 Å². The van der Waals surface area contributed by atoms with E-state index in [0.29, 0.717) is 39.5 Å². The Morgan fingerprint density at radius 1 is 0.839 bits per heavy atom. The second-order valence-electron chi connectivity index (χ2n) is 7.00. The Balaban J connectivity index is 2.10. The molecule has 158 valence electrons. The number of methoxy groups -OCH3 is 3. The molecule has 1 aromatic heterocycles. The molecular weight excluding hydrogens is 392 g/mol. The van der Waals surface area contributed by atoms with E-state index in [1.54, 1.807) is 38.0 Å². The summed E-state index contributed by atoms with van der Waals surface area (Å²) in [5, 5.41) is 0.547. The standard InChI is InChI=1S/C25H24N2O4/c1-5-16-10-12-17(13-11-16)27-24(26-20-9-7-6-8-18(20)25(27)28)19-14-15-21(29-2)23(31-4)22(19)30-3/h6-15H,5H2,1-4H3. The summed E-state index contributed by atoms with van der Waals surface area (Å²) in [5.41, 5.74) is 3.01. The highest BCUT2D eigenvalue weighted by Gasteiger charge is 2.22. The van der Waals surface area contributed by atoms with Crippen LogP contribution in [0.3, 0.4) is 0 Å². The number of ether oxygens (including phenoxy) is 3. The minimum absolute atomic E-state index is 0.151. The third-order valence-electron chi connectivity index (χ3n) is 5.32. The number of aryl methyl sites for hydroxylation is 1. The zero-order valence-corrected chi connectivity index (χ0v) is 18.0. The van der Waals surface area contributed by atoms with Gasteiger partial charge >= 0.3 is 0 Å². The van der Waals surface area contributed by atoms with Gasteiger partial charge in [-0.05, 0) is 48.4 Å². The number of nitrogens with zero attached hydrogens (tertiary/aromatic N) is 2. The van der Waals surface area contributed by atoms with E-state index in [4.69, 9.17) is 19.2 Å². The Kier molecular flexibility index (Phi) is 5.62. The molecular formula is C25H24N2O4. The molecule has 0 aliphatic carbocycles. The molecule has 1 heterocycles. The molecule has 0 unspecified atom stereocenters. The first-order valence-corrected chi connectivity index (χ1v) is 10.0. The second-order valence-corrected chi connectivity index (χ2v) is 7.00. The lowest BCUT2D eigenvalue weighted by Gasteiger charge is -2.19. The van der Waals surface area contributed by atoms with Crippen LogP contribution in [-0.2, 0) is 6.42 Å². The quantitative estimate of drug-likeness (QED) is 0.458. The molecule has 4 rings (SSSR count). The first-order valence-electron chi connectivity index (χ1n) is 10.0. The number of rotatable bonds is 6. The highest BCUT2D eigenvalue weighted by molar-refractivity contribution is 5.82. The molecule has 3 aromatic carbocycles. The molecule has 6 heteroatoms. The van der Waals surface area contributed by atoms with Gasteiger partial charge in [-0.3, -0.25) is 9.36 Å². The van der Waals surface area contributed by atoms with Crippen molar-refractivity contribution in [1.29, 1.82) is 0 Å². The molecule has 0 atom stereocenters. The van der Waals surface area contributed by atoms with Crippen molar-refractivity contribution in [2.75, 3.05) is 21.3 Å². The van der Waals surface area contributed by atoms with Crippen LogP contribution in [0, 0.1) is 0 Å². The first kappa shape index (κ1) is 20.5. The van der Waals surface area contributed by atoms with E-state index >= 15 is 0 Å². The average molecular weight is 416 g/mol. The SMILES string of the molecule is CCc1ccc(-n2c(-c3ccc(OC)c(OC)c3OC)nc3ccccc3c2=O)cc1. The largest absolute Gasteiger partial charge is 0.493 e. The number of fused-ring (bicyclic) bond motifs is 1. The predicted octanol–water partition coefficient (Wildman–Crippen LogP) is 4.64. The topological polar surface area (TPSA) is 62.6 Å². The first-order chi connectivity index (χ1) is 15.1. The molecule has 0 N–H and O–H groups in total. The lowest BCUT2D eigenvalue weighted by molar-refractivity contribution is 0.325. The van der Waals surface area contributed by atoms with Crippen molar-refractivity contribution in [3.63, 3.8) is 0 Å². The molecule has 0 aliphatic rings. The van der Waals surface area contributed by atoms with Gasteiger partial charge in [0.25, 0.3) is 5.56 Å². The molecule has 4 aromatic rings. The minimum atomic E-state index is -0.151. The molecule has 0 radical (unpaired) electrons. The van der Waals surface area contributed by atoms with E-state index in [9.17, 15) is 4.79 Å². The molecule has 0 saturated carbocycles. The Morgan fingerprint density at radius 2 is 1.55 bits per heavy atom. The van der Waals surface area contributed by atoms with Crippen molar-refractivity contribution >= 4 is 10.9 Å². The third-order valence-corrected chi connectivity index (χ3v) is 5.32. The molecule has 0 fully saturated rings. The molecule has 6 nitrogen and oxygen atoms in total. The van der Waals surface area contributed by atoms with Crippen LogP contribution in [-0.4, -0.2) is 30.9 Å². The lowest BCUT2D eigenvalue weighted by Crippen LogP contribution is -2.22. The van der Waals surface area contributed by atoms with Gasteiger partial charge in [0.1, 0.15) is 0 Å². The van der Waals surface area contributed by atoms with Crippen LogP contribution < -0.4 is 19.8 Å². The second kappa shape index (κ2) is 8.52. The van der Waals surface area contributed by atoms with Crippen LogP contribution in [0.1, 0.15) is 12.5 Å². The average Bonchev–Trinajstić information content (AvgIpc) is 2.83. The Hall–Kier alpha value is -3.80. The van der Waals surface area contributed by atoms with Gasteiger partial charge in [-0.1, -0.05) is 31.2 Å². The van der Waals surface area contributed by atoms with Gasteiger partial charge in [0.05, 0.1) is 43.5 Å². The maximum absolute atomic E-state index is 13.6. The zero-order valence-electron chi connectivity index (χ0n) is 18.0. The normalized spacial score (nSPS) is 10.8. The van der Waals surface area contributed by atoms with Crippen molar-refractivity contribution < 1.29 is 14.2 Å². The molecule has 0 bridgehead atoms. The number of hydrogen-bond donors (Lipinski definition) is 0. The van der Waals surface area contributed by atoms with Crippen molar-refractivity contribution in [1.82, 2.24) is 9.55 Å². The number of hydrogen-bond acceptors (Lipinski definition) is 5. The van der Waals surface area contributed by atoms with E-state index in [0.717, 1.165) is 12.1 Å². The summed E-state index contributed by atoms with van der Waals surface area (Å²) in [6.45, 7) is 2.10. The molecule has 0 aliphatic heterocycles. The highest BCUT2D eigenvalue weighted by Crippen LogP contribution is 2.44. The van der Waals surface area contributed by atoms with Crippen molar-refractivity contribution in [3.8, 4) is 34.3 Å². The fourth-order valence-electron chi connectivity index (χ4n) is 3.71. The summed E-state index contributed by atoms with van der Waals surface area (Å²) in [5.74, 6) is 1.89. The Morgan fingerprint density at radius 3 is 2.19 bits per heavy atom. The van der Waals surface area contributed by atoms with Gasteiger partial charge in [-0.25, -0.2) is 4.98 Å². The summed E-state index contributed by atoms with van der Waals surface area (Å²) < 4.78 is 18.3. The van der Waals surface area contributed by atoms with E-state index < -0.39 is 0 Å². The van der Waals surface area contributed by atoms with Gasteiger partial charge < -0.3 is 14.2 Å². The van der Waals surface area contributed by atoms with Crippen molar-refractivity contribution in [3.05, 3.63) is 76.6 Å². The van der Waals surface area contributed by atoms with Crippen LogP contribution in [0.4, 0.5) is 0 Å². The van der Waals surface area contributed by atoms with Gasteiger partial charge in [-0.15, -0.1) is 0 Å². The minimum Gasteiger partial charge on any atom is -0.493 e. The molecule has 31 heavy (non-hydrogen) atoms. The maximum atomic E-state index is 13.6. The zero-order chi connectivity index (χ0) is 22.0. The van der Waals surface area contributed by atoms with Crippen LogP contribution in [0.15, 0.2) is 65.5 Å². The van der Waals surface area contributed by atoms with Crippen LogP contribution in [0.25, 0.3) is 28.0 Å². The van der Waals surface area contributed by atoms with Gasteiger partial charge in [0.15, 0.2) is 17.3 Å². The third kappa shape index (κ3) is 3.50. The smallest absolute Gasteiger partial charge is 0.266 e. The molecule has 0 saturated heterocycles. The monoisotopic (exact) mass is 416 g/mol. The van der Waals surface area contributed by atoms with Crippen LogP contribution >= 0.6 is 0 Å². The highest BCUT2D eigenvalue weighted by atomic mass is 16.5. The van der Waals surface area contributed by atoms with E-state index in [1.165, 1.54) is 5.56 Å². The van der Waals surface area contributed by atoms with E-state index in [-0.39, 0.29) is 5.56 Å². The predicted molar refractivity (Wildman–Crippen MR) is 122 cm³/mol. The summed E-state index contributed by atoms with van der Waals surface area (Å²) in [4.78, 5) is 18.4. The lowest BCUT2D eigenvalue weighted by atomic mass is 10.1. The molecule has 0 spiro atoms. The number of para-hydroxylation sites is 1. The number of benzene rings is 3.